The van der Waals surface area contributed by atoms with E-state index in [9.17, 15) is 27.9 Å². The molecule has 40 heavy (non-hydrogen) atoms. The Kier molecular flexibility index (Phi) is 7.11. The summed E-state index contributed by atoms with van der Waals surface area (Å²) >= 11 is 1.75. The number of hydrogen-bond donors (Lipinski definition) is 2. The van der Waals surface area contributed by atoms with Crippen LogP contribution in [-0.4, -0.2) is 32.4 Å². The molecule has 1 aliphatic heterocycles. The first-order valence-corrected chi connectivity index (χ1v) is 14.9. The van der Waals surface area contributed by atoms with Crippen molar-refractivity contribution in [3.8, 4) is 0 Å². The lowest BCUT2D eigenvalue weighted by Crippen LogP contribution is -2.42. The third kappa shape index (κ3) is 5.11. The molecule has 6 rings (SSSR count). The van der Waals surface area contributed by atoms with Gasteiger partial charge in [-0.15, -0.1) is 11.3 Å². The fraction of sp³-hybridized carbons (Fsp3) is 0.500. The van der Waals surface area contributed by atoms with Crippen LogP contribution in [0.4, 0.5) is 13.2 Å². The highest BCUT2D eigenvalue weighted by molar-refractivity contribution is 7.10. The van der Waals surface area contributed by atoms with Crippen LogP contribution in [-0.2, 0) is 29.4 Å². The van der Waals surface area contributed by atoms with Gasteiger partial charge in [-0.05, 0) is 66.3 Å². The van der Waals surface area contributed by atoms with E-state index in [1.54, 1.807) is 11.3 Å². The van der Waals surface area contributed by atoms with Gasteiger partial charge >= 0.3 is 6.18 Å². The maximum absolute atomic E-state index is 13.2. The molecule has 2 aliphatic carbocycles. The molecule has 1 amide bonds. The quantitative estimate of drug-likeness (QED) is 0.369. The third-order valence-electron chi connectivity index (χ3n) is 8.77. The zero-order valence-electron chi connectivity index (χ0n) is 22.1. The molecule has 0 bridgehead atoms. The van der Waals surface area contributed by atoms with Crippen LogP contribution in [0.5, 0.6) is 0 Å². The average molecular weight is 572 g/mol. The summed E-state index contributed by atoms with van der Waals surface area (Å²) in [4.78, 5) is 36.7. The summed E-state index contributed by atoms with van der Waals surface area (Å²) in [5.74, 6) is 0.541. The molecule has 1 atom stereocenters. The Balaban J connectivity index is 1.20. The van der Waals surface area contributed by atoms with Crippen LogP contribution < -0.4 is 5.56 Å². The SMILES string of the molecule is O=C([C@H](O)c1cccc(C(F)(F)F)c1)N1CCc2nc(C3(c4cc(C5CCCCCC5)cs4)CC3)[nH]c(=O)c2C1. The minimum Gasteiger partial charge on any atom is -0.378 e. The van der Waals surface area contributed by atoms with Gasteiger partial charge in [0.15, 0.2) is 6.10 Å². The molecular weight excluding hydrogens is 539 g/mol. The molecule has 2 N–H and O–H groups in total. The molecule has 1 aromatic carbocycles. The van der Waals surface area contributed by atoms with Crippen LogP contribution in [0.15, 0.2) is 40.5 Å². The summed E-state index contributed by atoms with van der Waals surface area (Å²) in [7, 11) is 0. The van der Waals surface area contributed by atoms with Gasteiger partial charge in [0.25, 0.3) is 11.5 Å². The average Bonchev–Trinajstić information content (AvgIpc) is 3.69. The molecule has 0 spiro atoms. The molecule has 2 aromatic heterocycles. The number of H-pyrrole nitrogens is 1. The van der Waals surface area contributed by atoms with Gasteiger partial charge in [0.05, 0.1) is 28.8 Å². The molecule has 0 unspecified atom stereocenters. The Morgan fingerprint density at radius 2 is 1.90 bits per heavy atom. The van der Waals surface area contributed by atoms with Gasteiger partial charge in [0, 0.05) is 17.8 Å². The van der Waals surface area contributed by atoms with Crippen LogP contribution in [0.3, 0.4) is 0 Å². The first-order valence-electron chi connectivity index (χ1n) is 14.0. The van der Waals surface area contributed by atoms with E-state index in [2.05, 4.69) is 16.4 Å². The number of hydrogen-bond acceptors (Lipinski definition) is 5. The largest absolute Gasteiger partial charge is 0.416 e. The number of amides is 1. The Bertz CT molecular complexity index is 1470. The number of nitrogens with zero attached hydrogens (tertiary/aromatic N) is 2. The Morgan fingerprint density at radius 1 is 1.15 bits per heavy atom. The lowest BCUT2D eigenvalue weighted by atomic mass is 9.92. The topological polar surface area (TPSA) is 86.3 Å². The van der Waals surface area contributed by atoms with Crippen molar-refractivity contribution in [3.63, 3.8) is 0 Å². The number of aliphatic hydroxyl groups excluding tert-OH is 1. The van der Waals surface area contributed by atoms with Crippen molar-refractivity contribution in [3.05, 3.63) is 84.7 Å². The summed E-state index contributed by atoms with van der Waals surface area (Å²) < 4.78 is 39.3. The van der Waals surface area contributed by atoms with E-state index in [1.165, 1.54) is 59.9 Å². The van der Waals surface area contributed by atoms with Crippen LogP contribution in [0.1, 0.15) is 102 Å². The van der Waals surface area contributed by atoms with Crippen molar-refractivity contribution in [2.24, 2.45) is 0 Å². The number of carbonyl (C=O) groups excluding carboxylic acids is 1. The standard InChI is InChI=1S/C30H32F3N3O3S/c31-30(32,33)21-9-5-8-19(14-21)25(37)27(39)36-13-10-23-22(16-36)26(38)35-28(34-23)29(11-12-29)24-15-20(17-40-24)18-6-3-1-2-4-7-18/h5,8-9,14-15,17-18,25,37H,1-4,6-7,10-13,16H2,(H,34,35,38)/t25-/m1/s1. The molecule has 0 radical (unpaired) electrons. The van der Waals surface area contributed by atoms with Crippen molar-refractivity contribution in [1.29, 1.82) is 0 Å². The van der Waals surface area contributed by atoms with Gasteiger partial charge in [-0.1, -0.05) is 37.8 Å². The van der Waals surface area contributed by atoms with E-state index in [0.717, 1.165) is 31.0 Å². The number of rotatable bonds is 5. The second-order valence-electron chi connectivity index (χ2n) is 11.4. The van der Waals surface area contributed by atoms with E-state index in [1.807, 2.05) is 0 Å². The van der Waals surface area contributed by atoms with Crippen molar-refractivity contribution >= 4 is 17.2 Å². The number of aliphatic hydroxyl groups is 1. The van der Waals surface area contributed by atoms with Gasteiger partial charge in [-0.2, -0.15) is 13.2 Å². The molecule has 3 aromatic rings. The number of aromatic nitrogens is 2. The first-order chi connectivity index (χ1) is 19.2. The number of benzene rings is 1. The lowest BCUT2D eigenvalue weighted by molar-refractivity contribution is -0.142. The van der Waals surface area contributed by atoms with Crippen LogP contribution >= 0.6 is 11.3 Å². The molecule has 3 aliphatic rings. The van der Waals surface area contributed by atoms with Crippen molar-refractivity contribution in [2.75, 3.05) is 6.54 Å². The molecule has 2 saturated carbocycles. The molecule has 3 heterocycles. The maximum atomic E-state index is 13.2. The number of thiophene rings is 1. The molecule has 6 nitrogen and oxygen atoms in total. The van der Waals surface area contributed by atoms with Crippen LogP contribution in [0.25, 0.3) is 0 Å². The number of aromatic amines is 1. The number of fused-ring (bicyclic) bond motifs is 1. The number of nitrogens with one attached hydrogen (secondary N) is 1. The smallest absolute Gasteiger partial charge is 0.378 e. The van der Waals surface area contributed by atoms with Gasteiger partial charge in [0.2, 0.25) is 0 Å². The molecule has 212 valence electrons. The molecule has 10 heteroatoms. The fourth-order valence-corrected chi connectivity index (χ4v) is 7.45. The second-order valence-corrected chi connectivity index (χ2v) is 12.3. The summed E-state index contributed by atoms with van der Waals surface area (Å²) in [6, 6.07) is 6.44. The lowest BCUT2D eigenvalue weighted by Gasteiger charge is -2.30. The van der Waals surface area contributed by atoms with Crippen LogP contribution in [0, 0.1) is 0 Å². The van der Waals surface area contributed by atoms with Gasteiger partial charge in [-0.3, -0.25) is 9.59 Å². The maximum Gasteiger partial charge on any atom is 0.416 e. The van der Waals surface area contributed by atoms with E-state index < -0.39 is 23.8 Å². The fourth-order valence-electron chi connectivity index (χ4n) is 6.19. The van der Waals surface area contributed by atoms with Gasteiger partial charge < -0.3 is 15.0 Å². The first kappa shape index (κ1) is 27.2. The zero-order chi connectivity index (χ0) is 28.1. The van der Waals surface area contributed by atoms with Crippen molar-refractivity contribution in [1.82, 2.24) is 14.9 Å². The Labute approximate surface area is 234 Å². The Hall–Kier alpha value is -2.98. The van der Waals surface area contributed by atoms with E-state index in [4.69, 9.17) is 4.98 Å². The summed E-state index contributed by atoms with van der Waals surface area (Å²) in [6.45, 7) is 0.167. The van der Waals surface area contributed by atoms with E-state index in [-0.39, 0.29) is 29.6 Å². The third-order valence-corrected chi connectivity index (χ3v) is 9.92. The van der Waals surface area contributed by atoms with Crippen molar-refractivity contribution in [2.45, 2.75) is 87.9 Å². The predicted molar refractivity (Wildman–Crippen MR) is 145 cm³/mol. The van der Waals surface area contributed by atoms with E-state index >= 15 is 0 Å². The number of halogens is 3. The Morgan fingerprint density at radius 3 is 2.60 bits per heavy atom. The summed E-state index contributed by atoms with van der Waals surface area (Å²) in [5, 5.41) is 12.9. The molecule has 0 saturated heterocycles. The van der Waals surface area contributed by atoms with Crippen LogP contribution in [0.2, 0.25) is 0 Å². The van der Waals surface area contributed by atoms with Crippen molar-refractivity contribution < 1.29 is 23.1 Å². The normalized spacial score (nSPS) is 20.1. The number of alkyl halides is 3. The number of carbonyl (C=O) groups is 1. The van der Waals surface area contributed by atoms with E-state index in [0.29, 0.717) is 29.4 Å². The minimum absolute atomic E-state index is 0.0510. The van der Waals surface area contributed by atoms with Gasteiger partial charge in [-0.25, -0.2) is 4.98 Å². The second kappa shape index (κ2) is 10.4. The van der Waals surface area contributed by atoms with Gasteiger partial charge in [0.1, 0.15) is 5.82 Å². The highest BCUT2D eigenvalue weighted by Gasteiger charge is 2.50. The summed E-state index contributed by atoms with van der Waals surface area (Å²) in [5.41, 5.74) is 0.760. The summed E-state index contributed by atoms with van der Waals surface area (Å²) in [6.07, 6.45) is 3.47. The molecule has 2 fully saturated rings. The molecular formula is C30H32F3N3O3S. The highest BCUT2D eigenvalue weighted by Crippen LogP contribution is 2.54. The highest BCUT2D eigenvalue weighted by atomic mass is 32.1. The minimum atomic E-state index is -4.58. The predicted octanol–water partition coefficient (Wildman–Crippen LogP) is 5.99. The zero-order valence-corrected chi connectivity index (χ0v) is 22.9. The monoisotopic (exact) mass is 571 g/mol.